The lowest BCUT2D eigenvalue weighted by molar-refractivity contribution is -0.154. The molecule has 1 saturated heterocycles. The Kier molecular flexibility index (Phi) is 6.59. The van der Waals surface area contributed by atoms with E-state index in [1.54, 1.807) is 38.1 Å². The standard InChI is InChI=1S/C28H33F2N3O7/c1-12-14-5-4-13(11-33-8-6-27(29,30)7-9-33)21(34)17(14)22(35)18-15(12)10-16-20(32(2)3)23(36)19(26(31)39)25(38)28(16,40)24(18)37/h4-5,12,15-16,20,34-35,38,40H,6-11H2,1-3H3,(H2,31,39)/t12-,15+,16-,20-,28-/m0/s1. The second-order valence-corrected chi connectivity index (χ2v) is 11.6. The highest BCUT2D eigenvalue weighted by Gasteiger charge is 2.64. The van der Waals surface area contributed by atoms with Gasteiger partial charge < -0.3 is 26.2 Å². The molecule has 1 heterocycles. The van der Waals surface area contributed by atoms with Crippen LogP contribution >= 0.6 is 0 Å². The maximum Gasteiger partial charge on any atom is 0.255 e. The predicted molar refractivity (Wildman–Crippen MR) is 138 cm³/mol. The third kappa shape index (κ3) is 3.95. The Morgan fingerprint density at radius 2 is 1.77 bits per heavy atom. The van der Waals surface area contributed by atoms with Crippen molar-refractivity contribution in [1.29, 1.82) is 0 Å². The van der Waals surface area contributed by atoms with Crippen LogP contribution in [0, 0.1) is 11.8 Å². The Hall–Kier alpha value is -3.35. The van der Waals surface area contributed by atoms with Gasteiger partial charge in [0, 0.05) is 49.5 Å². The summed E-state index contributed by atoms with van der Waals surface area (Å²) in [6.07, 6.45) is -0.610. The molecule has 0 bridgehead atoms. The molecule has 1 amide bonds. The van der Waals surface area contributed by atoms with Gasteiger partial charge in [-0.2, -0.15) is 0 Å². The maximum absolute atomic E-state index is 14.0. The zero-order valence-electron chi connectivity index (χ0n) is 22.4. The quantitative estimate of drug-likeness (QED) is 0.345. The van der Waals surface area contributed by atoms with E-state index in [2.05, 4.69) is 0 Å². The number of alkyl halides is 2. The number of likely N-dealkylation sites (N-methyl/N-ethyl adjacent to an activating group) is 1. The summed E-state index contributed by atoms with van der Waals surface area (Å²) in [6.45, 7) is 2.19. The lowest BCUT2D eigenvalue weighted by atomic mass is 9.55. The molecule has 12 heteroatoms. The van der Waals surface area contributed by atoms with Gasteiger partial charge >= 0.3 is 0 Å². The average molecular weight is 562 g/mol. The largest absolute Gasteiger partial charge is 0.508 e. The number of nitrogens with two attached hydrogens (primary N) is 1. The predicted octanol–water partition coefficient (Wildman–Crippen LogP) is 1.76. The smallest absolute Gasteiger partial charge is 0.255 e. The van der Waals surface area contributed by atoms with E-state index >= 15 is 0 Å². The number of fused-ring (bicyclic) bond motifs is 3. The van der Waals surface area contributed by atoms with Gasteiger partial charge in [0.05, 0.1) is 11.6 Å². The van der Waals surface area contributed by atoms with Crippen molar-refractivity contribution in [1.82, 2.24) is 9.80 Å². The maximum atomic E-state index is 14.0. The summed E-state index contributed by atoms with van der Waals surface area (Å²) in [5.41, 5.74) is 2.44. The molecule has 0 aromatic heterocycles. The van der Waals surface area contributed by atoms with E-state index in [-0.39, 0.29) is 55.8 Å². The Balaban J connectivity index is 1.61. The molecule has 10 nitrogen and oxygen atoms in total. The summed E-state index contributed by atoms with van der Waals surface area (Å²) < 4.78 is 27.2. The van der Waals surface area contributed by atoms with E-state index in [9.17, 15) is 43.6 Å². The first kappa shape index (κ1) is 28.2. The minimum atomic E-state index is -2.73. The van der Waals surface area contributed by atoms with Crippen LogP contribution in [0.2, 0.25) is 0 Å². The molecule has 5 atom stereocenters. The molecular weight excluding hydrogens is 528 g/mol. The molecule has 4 aliphatic rings. The van der Waals surface area contributed by atoms with Crippen LogP contribution < -0.4 is 5.73 Å². The molecule has 2 fully saturated rings. The topological polar surface area (TPSA) is 165 Å². The molecule has 1 aromatic carbocycles. The number of carbonyl (C=O) groups is 3. The fourth-order valence-electron chi connectivity index (χ4n) is 6.99. The van der Waals surface area contributed by atoms with Gasteiger partial charge in [-0.1, -0.05) is 19.1 Å². The fraction of sp³-hybridized carbons (Fsp3) is 0.536. The van der Waals surface area contributed by atoms with Gasteiger partial charge in [0.15, 0.2) is 11.4 Å². The van der Waals surface area contributed by atoms with Gasteiger partial charge in [0.2, 0.25) is 5.78 Å². The third-order valence-electron chi connectivity index (χ3n) is 9.16. The summed E-state index contributed by atoms with van der Waals surface area (Å²) >= 11 is 0. The summed E-state index contributed by atoms with van der Waals surface area (Å²) in [5, 5.41) is 45.3. The van der Waals surface area contributed by atoms with Gasteiger partial charge in [-0.05, 0) is 37.9 Å². The molecule has 0 spiro atoms. The van der Waals surface area contributed by atoms with Crippen molar-refractivity contribution in [3.8, 4) is 5.75 Å². The summed E-state index contributed by atoms with van der Waals surface area (Å²) in [7, 11) is 3.08. The van der Waals surface area contributed by atoms with Gasteiger partial charge in [0.1, 0.15) is 22.8 Å². The number of amides is 1. The van der Waals surface area contributed by atoms with E-state index in [1.165, 1.54) is 4.90 Å². The second kappa shape index (κ2) is 9.35. The number of likely N-dealkylation sites (tertiary alicyclic amines) is 1. The average Bonchev–Trinajstić information content (AvgIpc) is 2.86. The number of aromatic hydroxyl groups is 1. The lowest BCUT2D eigenvalue weighted by Gasteiger charge is -2.51. The van der Waals surface area contributed by atoms with Crippen LogP contribution in [0.3, 0.4) is 0 Å². The molecule has 1 aliphatic heterocycles. The van der Waals surface area contributed by atoms with Crippen LogP contribution in [0.15, 0.2) is 29.0 Å². The van der Waals surface area contributed by atoms with Crippen LogP contribution in [0.25, 0.3) is 5.76 Å². The van der Waals surface area contributed by atoms with Crippen molar-refractivity contribution in [2.75, 3.05) is 27.2 Å². The summed E-state index contributed by atoms with van der Waals surface area (Å²) in [4.78, 5) is 42.5. The van der Waals surface area contributed by atoms with E-state index < -0.39 is 69.9 Å². The summed E-state index contributed by atoms with van der Waals surface area (Å²) in [6, 6.07) is 2.22. The number of phenolic OH excluding ortho intramolecular Hbond substituents is 1. The number of nitrogens with zero attached hydrogens (tertiary/aromatic N) is 2. The number of primary amides is 1. The first-order valence-electron chi connectivity index (χ1n) is 13.2. The number of halogens is 2. The Bertz CT molecular complexity index is 1380. The Morgan fingerprint density at radius 1 is 1.15 bits per heavy atom. The van der Waals surface area contributed by atoms with Crippen molar-refractivity contribution < 1.29 is 43.6 Å². The number of hydrogen-bond donors (Lipinski definition) is 5. The highest BCUT2D eigenvalue weighted by molar-refractivity contribution is 6.24. The molecule has 1 aromatic rings. The number of piperidine rings is 1. The van der Waals surface area contributed by atoms with Crippen molar-refractivity contribution in [3.05, 3.63) is 45.7 Å². The number of hydrogen-bond acceptors (Lipinski definition) is 9. The van der Waals surface area contributed by atoms with Crippen molar-refractivity contribution in [2.45, 2.75) is 56.2 Å². The van der Waals surface area contributed by atoms with Crippen LogP contribution in [0.5, 0.6) is 5.75 Å². The number of aliphatic hydroxyl groups excluding tert-OH is 2. The van der Waals surface area contributed by atoms with Gasteiger partial charge in [0.25, 0.3) is 11.8 Å². The van der Waals surface area contributed by atoms with Crippen LogP contribution in [0.4, 0.5) is 8.78 Å². The molecule has 1 saturated carbocycles. The van der Waals surface area contributed by atoms with Gasteiger partial charge in [-0.3, -0.25) is 24.2 Å². The summed E-state index contributed by atoms with van der Waals surface area (Å²) in [5.74, 6) is -10.2. The van der Waals surface area contributed by atoms with E-state index in [0.29, 0.717) is 11.1 Å². The second-order valence-electron chi connectivity index (χ2n) is 11.6. The van der Waals surface area contributed by atoms with Crippen molar-refractivity contribution in [2.24, 2.45) is 17.6 Å². The number of carbonyl (C=O) groups excluding carboxylic acids is 3. The zero-order chi connectivity index (χ0) is 29.5. The first-order valence-corrected chi connectivity index (χ1v) is 13.2. The number of phenols is 1. The highest BCUT2D eigenvalue weighted by atomic mass is 19.3. The number of Topliss-reactive ketones (excluding diaryl/α,β-unsaturated/α-hetero) is 2. The lowest BCUT2D eigenvalue weighted by Crippen LogP contribution is -2.65. The highest BCUT2D eigenvalue weighted by Crippen LogP contribution is 2.56. The molecular formula is C28H33F2N3O7. The normalized spacial score (nSPS) is 32.2. The molecule has 0 radical (unpaired) electrons. The SMILES string of the molecule is C[C@H]1c2ccc(CN3CCC(F)(F)CC3)c(O)c2C(O)=C2C(=O)[C@]3(O)C(O)=C(C(N)=O)C(=O)[C@@H](N(C)C)[C@@H]3C[C@@H]21. The van der Waals surface area contributed by atoms with Crippen LogP contribution in [-0.4, -0.2) is 92.4 Å². The molecule has 5 rings (SSSR count). The molecule has 3 aliphatic carbocycles. The number of ketones is 2. The molecule has 40 heavy (non-hydrogen) atoms. The number of benzene rings is 1. The van der Waals surface area contributed by atoms with Gasteiger partial charge in [-0.25, -0.2) is 8.78 Å². The van der Waals surface area contributed by atoms with Crippen LogP contribution in [0.1, 0.15) is 48.8 Å². The van der Waals surface area contributed by atoms with Crippen molar-refractivity contribution in [3.63, 3.8) is 0 Å². The molecule has 6 N–H and O–H groups in total. The van der Waals surface area contributed by atoms with E-state index in [4.69, 9.17) is 5.73 Å². The van der Waals surface area contributed by atoms with Gasteiger partial charge in [-0.15, -0.1) is 0 Å². The molecule has 216 valence electrons. The monoisotopic (exact) mass is 561 g/mol. The number of aliphatic hydroxyl groups is 3. The Morgan fingerprint density at radius 3 is 2.35 bits per heavy atom. The zero-order valence-corrected chi connectivity index (χ0v) is 22.4. The van der Waals surface area contributed by atoms with E-state index in [1.807, 2.05) is 0 Å². The number of rotatable bonds is 4. The minimum Gasteiger partial charge on any atom is -0.508 e. The first-order chi connectivity index (χ1) is 18.6. The van der Waals surface area contributed by atoms with Crippen LogP contribution in [-0.2, 0) is 20.9 Å². The van der Waals surface area contributed by atoms with E-state index in [0.717, 1.165) is 0 Å². The van der Waals surface area contributed by atoms with Crippen molar-refractivity contribution >= 4 is 23.2 Å². The third-order valence-corrected chi connectivity index (χ3v) is 9.16. The molecule has 0 unspecified atom stereocenters. The minimum absolute atomic E-state index is 0.00255. The fourth-order valence-corrected chi connectivity index (χ4v) is 6.99. The Labute approximate surface area is 229 Å².